The zero-order valence-electron chi connectivity index (χ0n) is 26.5. The topological polar surface area (TPSA) is 234 Å². The van der Waals surface area contributed by atoms with Gasteiger partial charge in [0.25, 0.3) is 0 Å². The first-order valence-corrected chi connectivity index (χ1v) is 16.1. The molecule has 252 valence electrons. The number of carboxylic acids is 1. The lowest BCUT2D eigenvalue weighted by molar-refractivity contribution is -0.142. The Labute approximate surface area is 273 Å². The number of aliphatic carboxylic acids is 1. The van der Waals surface area contributed by atoms with Crippen LogP contribution >= 0.6 is 0 Å². The van der Waals surface area contributed by atoms with E-state index in [2.05, 4.69) is 25.9 Å². The van der Waals surface area contributed by atoms with Gasteiger partial charge in [-0.15, -0.1) is 0 Å². The molecule has 2 aromatic carbocycles. The van der Waals surface area contributed by atoms with Crippen molar-refractivity contribution in [2.75, 3.05) is 13.1 Å². The van der Waals surface area contributed by atoms with Crippen LogP contribution in [0.25, 0.3) is 21.8 Å². The second kappa shape index (κ2) is 17.3. The van der Waals surface area contributed by atoms with Gasteiger partial charge in [0.1, 0.15) is 18.1 Å². The van der Waals surface area contributed by atoms with Gasteiger partial charge in [-0.3, -0.25) is 14.4 Å². The summed E-state index contributed by atoms with van der Waals surface area (Å²) in [5.74, 6) is -2.93. The fourth-order valence-electron chi connectivity index (χ4n) is 5.67. The first kappa shape index (κ1) is 35.1. The minimum atomic E-state index is -1.27. The molecule has 4 aromatic rings. The second-order valence-corrected chi connectivity index (χ2v) is 11.8. The summed E-state index contributed by atoms with van der Waals surface area (Å²) in [6.45, 7) is 0.905. The maximum atomic E-state index is 13.9. The summed E-state index contributed by atoms with van der Waals surface area (Å²) in [5, 5.41) is 20.0. The Kier molecular flexibility index (Phi) is 12.9. The molecular weight excluding hydrogens is 600 g/mol. The van der Waals surface area contributed by atoms with E-state index in [1.807, 2.05) is 48.5 Å². The fourth-order valence-corrected chi connectivity index (χ4v) is 5.67. The molecule has 4 rings (SSSR count). The van der Waals surface area contributed by atoms with Crippen LogP contribution in [-0.2, 0) is 32.0 Å². The Morgan fingerprint density at radius 2 is 1.11 bits per heavy atom. The number of carbonyl (C=O) groups excluding carboxylic acids is 3. The molecule has 0 saturated heterocycles. The van der Waals surface area contributed by atoms with Gasteiger partial charge >= 0.3 is 5.97 Å². The van der Waals surface area contributed by atoms with Crippen LogP contribution in [0.1, 0.15) is 49.7 Å². The number of carbonyl (C=O) groups is 4. The van der Waals surface area contributed by atoms with Crippen LogP contribution in [0.15, 0.2) is 60.9 Å². The molecule has 0 aliphatic carbocycles. The number of amides is 3. The maximum absolute atomic E-state index is 13.9. The number of hydrogen-bond acceptors (Lipinski definition) is 7. The summed E-state index contributed by atoms with van der Waals surface area (Å²) in [7, 11) is 0. The lowest BCUT2D eigenvalue weighted by atomic mass is 10.0. The number of nitrogens with two attached hydrogens (primary N) is 3. The van der Waals surface area contributed by atoms with Gasteiger partial charge in [0.2, 0.25) is 17.7 Å². The number of aromatic nitrogens is 2. The molecule has 4 unspecified atom stereocenters. The molecule has 4 atom stereocenters. The highest BCUT2D eigenvalue weighted by Gasteiger charge is 2.31. The molecule has 0 fully saturated rings. The highest BCUT2D eigenvalue weighted by molar-refractivity contribution is 5.95. The van der Waals surface area contributed by atoms with E-state index in [1.54, 1.807) is 12.4 Å². The van der Waals surface area contributed by atoms with Crippen molar-refractivity contribution in [3.05, 3.63) is 72.1 Å². The Balaban J connectivity index is 1.56. The van der Waals surface area contributed by atoms with E-state index in [0.717, 1.165) is 39.4 Å². The SMILES string of the molecule is NCCCCC(N)C(=O)NC(CCCCN)C(=O)NC(Cc1c[nH]c2ccccc12)C(=O)NC(Cc1c[nH]c2ccccc12)C(=O)O. The van der Waals surface area contributed by atoms with Crippen molar-refractivity contribution >= 4 is 45.5 Å². The summed E-state index contributed by atoms with van der Waals surface area (Å²) in [5.41, 5.74) is 20.5. The zero-order chi connectivity index (χ0) is 33.8. The van der Waals surface area contributed by atoms with Crippen LogP contribution in [-0.4, -0.2) is 76.0 Å². The summed E-state index contributed by atoms with van der Waals surface area (Å²) in [6.07, 6.45) is 6.88. The standard InChI is InChI=1S/C34H46N8O5/c35-15-7-5-11-25(37)31(43)40-28(14-6-8-16-36)32(44)41-29(17-21-19-38-26-12-3-1-9-23(21)26)33(45)42-30(34(46)47)18-22-20-39-27-13-4-2-10-24(22)27/h1-4,9-10,12-13,19-20,25,28-30,38-39H,5-8,11,14-18,35-37H2,(H,40,43)(H,41,44)(H,42,45)(H,46,47). The summed E-state index contributed by atoms with van der Waals surface area (Å²) in [6, 6.07) is 10.8. The van der Waals surface area contributed by atoms with Gasteiger partial charge in [0.05, 0.1) is 6.04 Å². The number of rotatable bonds is 19. The van der Waals surface area contributed by atoms with Gasteiger partial charge in [-0.25, -0.2) is 4.79 Å². The Morgan fingerprint density at radius 3 is 1.66 bits per heavy atom. The van der Waals surface area contributed by atoms with Crippen molar-refractivity contribution in [2.24, 2.45) is 17.2 Å². The number of nitrogens with one attached hydrogen (secondary N) is 5. The van der Waals surface area contributed by atoms with Crippen LogP contribution in [0.3, 0.4) is 0 Å². The van der Waals surface area contributed by atoms with Gasteiger partial charge < -0.3 is 48.2 Å². The molecule has 2 aromatic heterocycles. The number of hydrogen-bond donors (Lipinski definition) is 9. The van der Waals surface area contributed by atoms with Gasteiger partial charge in [-0.05, 0) is 68.5 Å². The second-order valence-electron chi connectivity index (χ2n) is 11.8. The van der Waals surface area contributed by atoms with Crippen LogP contribution in [0.2, 0.25) is 0 Å². The van der Waals surface area contributed by atoms with Gasteiger partial charge in [0, 0.05) is 47.0 Å². The normalized spacial score (nSPS) is 13.9. The van der Waals surface area contributed by atoms with Crippen molar-refractivity contribution in [3.63, 3.8) is 0 Å². The molecule has 0 aliphatic heterocycles. The van der Waals surface area contributed by atoms with Crippen molar-refractivity contribution < 1.29 is 24.3 Å². The van der Waals surface area contributed by atoms with Gasteiger partial charge in [-0.2, -0.15) is 0 Å². The molecule has 2 heterocycles. The predicted molar refractivity (Wildman–Crippen MR) is 181 cm³/mol. The van der Waals surface area contributed by atoms with E-state index in [1.165, 1.54) is 0 Å². The van der Waals surface area contributed by atoms with Crippen molar-refractivity contribution in [1.82, 2.24) is 25.9 Å². The fraction of sp³-hybridized carbons (Fsp3) is 0.412. The largest absolute Gasteiger partial charge is 0.480 e. The molecular formula is C34H46N8O5. The van der Waals surface area contributed by atoms with Crippen LogP contribution in [0, 0.1) is 0 Å². The first-order valence-electron chi connectivity index (χ1n) is 16.1. The molecule has 0 aliphatic rings. The highest BCUT2D eigenvalue weighted by Crippen LogP contribution is 2.21. The quantitative estimate of drug-likeness (QED) is 0.0677. The molecule has 0 saturated carbocycles. The third-order valence-electron chi connectivity index (χ3n) is 8.33. The summed E-state index contributed by atoms with van der Waals surface area (Å²) >= 11 is 0. The molecule has 0 bridgehead atoms. The summed E-state index contributed by atoms with van der Waals surface area (Å²) < 4.78 is 0. The smallest absolute Gasteiger partial charge is 0.326 e. The van der Waals surface area contributed by atoms with Crippen LogP contribution in [0.4, 0.5) is 0 Å². The van der Waals surface area contributed by atoms with Crippen LogP contribution in [0.5, 0.6) is 0 Å². The van der Waals surface area contributed by atoms with E-state index in [0.29, 0.717) is 38.8 Å². The molecule has 0 radical (unpaired) electrons. The minimum absolute atomic E-state index is 0.0264. The minimum Gasteiger partial charge on any atom is -0.480 e. The molecule has 13 nitrogen and oxygen atoms in total. The first-order chi connectivity index (χ1) is 22.7. The summed E-state index contributed by atoms with van der Waals surface area (Å²) in [4.78, 5) is 59.3. The van der Waals surface area contributed by atoms with E-state index >= 15 is 0 Å². The van der Waals surface area contributed by atoms with E-state index in [4.69, 9.17) is 17.2 Å². The van der Waals surface area contributed by atoms with E-state index in [-0.39, 0.29) is 19.3 Å². The third-order valence-corrected chi connectivity index (χ3v) is 8.33. The average molecular weight is 647 g/mol. The van der Waals surface area contributed by atoms with E-state index < -0.39 is 47.9 Å². The molecule has 13 heteroatoms. The highest BCUT2D eigenvalue weighted by atomic mass is 16.4. The number of unbranched alkanes of at least 4 members (excludes halogenated alkanes) is 2. The maximum Gasteiger partial charge on any atom is 0.326 e. The zero-order valence-corrected chi connectivity index (χ0v) is 26.5. The van der Waals surface area contributed by atoms with Crippen molar-refractivity contribution in [2.45, 2.75) is 75.5 Å². The molecule has 3 amide bonds. The number of carboxylic acid groups (broad SMARTS) is 1. The van der Waals surface area contributed by atoms with Crippen molar-refractivity contribution in [3.8, 4) is 0 Å². The molecule has 0 spiro atoms. The Morgan fingerprint density at radius 1 is 0.638 bits per heavy atom. The van der Waals surface area contributed by atoms with Gasteiger partial charge in [-0.1, -0.05) is 42.8 Å². The monoisotopic (exact) mass is 646 g/mol. The number of H-pyrrole nitrogens is 2. The third kappa shape index (κ3) is 9.64. The predicted octanol–water partition coefficient (Wildman–Crippen LogP) is 1.56. The number of para-hydroxylation sites is 2. The molecule has 47 heavy (non-hydrogen) atoms. The number of benzene rings is 2. The lowest BCUT2D eigenvalue weighted by Crippen LogP contribution is -2.57. The Bertz CT molecular complexity index is 1650. The van der Waals surface area contributed by atoms with Crippen LogP contribution < -0.4 is 33.2 Å². The average Bonchev–Trinajstić information content (AvgIpc) is 3.67. The van der Waals surface area contributed by atoms with Gasteiger partial charge in [0.15, 0.2) is 0 Å². The van der Waals surface area contributed by atoms with Crippen molar-refractivity contribution in [1.29, 1.82) is 0 Å². The molecule has 12 N–H and O–H groups in total. The van der Waals surface area contributed by atoms with E-state index in [9.17, 15) is 24.3 Å². The number of fused-ring (bicyclic) bond motifs is 2. The number of aromatic amines is 2. The Hall–Kier alpha value is -4.72. The lowest BCUT2D eigenvalue weighted by Gasteiger charge is -2.25.